The van der Waals surface area contributed by atoms with Gasteiger partial charge in [0.1, 0.15) is 11.3 Å². The number of rotatable bonds is 4. The molecule has 3 rings (SSSR count). The molecule has 118 valence electrons. The van der Waals surface area contributed by atoms with Crippen LogP contribution in [0.5, 0.6) is 0 Å². The first-order valence-corrected chi connectivity index (χ1v) is 7.06. The first-order chi connectivity index (χ1) is 11.0. The Labute approximate surface area is 131 Å². The molecule has 2 aromatic heterocycles. The van der Waals surface area contributed by atoms with E-state index in [4.69, 9.17) is 13.9 Å². The summed E-state index contributed by atoms with van der Waals surface area (Å²) in [6, 6.07) is 11.8. The van der Waals surface area contributed by atoms with Gasteiger partial charge in [0.05, 0.1) is 6.04 Å². The fourth-order valence-corrected chi connectivity index (χ4v) is 2.32. The van der Waals surface area contributed by atoms with Gasteiger partial charge in [0.15, 0.2) is 5.76 Å². The van der Waals surface area contributed by atoms with Crippen LogP contribution in [0.3, 0.4) is 0 Å². The highest BCUT2D eigenvalue weighted by molar-refractivity contribution is 5.93. The maximum atomic E-state index is 12.4. The summed E-state index contributed by atoms with van der Waals surface area (Å²) < 4.78 is 10.8. The molecule has 0 aliphatic rings. The number of hydrogen-bond acceptors (Lipinski definition) is 4. The number of furan rings is 2. The van der Waals surface area contributed by atoms with Crippen molar-refractivity contribution in [3.05, 3.63) is 59.7 Å². The molecule has 0 saturated carbocycles. The van der Waals surface area contributed by atoms with Gasteiger partial charge in [-0.1, -0.05) is 18.2 Å². The van der Waals surface area contributed by atoms with Gasteiger partial charge in [0.25, 0.3) is 5.91 Å². The number of aromatic carboxylic acids is 1. The zero-order valence-corrected chi connectivity index (χ0v) is 12.6. The Bertz CT molecular complexity index is 843. The number of carbonyl (C=O) groups is 2. The summed E-state index contributed by atoms with van der Waals surface area (Å²) in [6.07, 6.45) is 0. The van der Waals surface area contributed by atoms with Crippen LogP contribution in [0.15, 0.2) is 51.3 Å². The molecule has 1 N–H and O–H groups in total. The van der Waals surface area contributed by atoms with E-state index in [1.54, 1.807) is 7.05 Å². The molecule has 1 atom stereocenters. The smallest absolute Gasteiger partial charge is 0.371 e. The van der Waals surface area contributed by atoms with E-state index >= 15 is 0 Å². The summed E-state index contributed by atoms with van der Waals surface area (Å²) in [4.78, 5) is 24.7. The molecule has 0 fully saturated rings. The van der Waals surface area contributed by atoms with Gasteiger partial charge in [0.2, 0.25) is 5.76 Å². The highest BCUT2D eigenvalue weighted by Gasteiger charge is 2.24. The van der Waals surface area contributed by atoms with Crippen molar-refractivity contribution in [1.29, 1.82) is 0 Å². The average Bonchev–Trinajstić information content (AvgIpc) is 3.19. The van der Waals surface area contributed by atoms with Crippen molar-refractivity contribution in [3.8, 4) is 0 Å². The van der Waals surface area contributed by atoms with Crippen molar-refractivity contribution in [3.63, 3.8) is 0 Å². The molecule has 6 nitrogen and oxygen atoms in total. The molecule has 1 amide bonds. The van der Waals surface area contributed by atoms with Crippen LogP contribution in [0.2, 0.25) is 0 Å². The van der Waals surface area contributed by atoms with Crippen LogP contribution in [0.4, 0.5) is 0 Å². The summed E-state index contributed by atoms with van der Waals surface area (Å²) in [7, 11) is 1.61. The number of carbonyl (C=O) groups excluding carboxylic acids is 1. The number of amides is 1. The number of benzene rings is 1. The van der Waals surface area contributed by atoms with Crippen molar-refractivity contribution in [2.24, 2.45) is 0 Å². The molecule has 0 saturated heterocycles. The molecule has 6 heteroatoms. The second-order valence-electron chi connectivity index (χ2n) is 5.25. The molecule has 1 aromatic carbocycles. The Morgan fingerprint density at radius 1 is 1.09 bits per heavy atom. The van der Waals surface area contributed by atoms with Gasteiger partial charge in [-0.2, -0.15) is 0 Å². The Kier molecular flexibility index (Phi) is 3.65. The van der Waals surface area contributed by atoms with Crippen LogP contribution >= 0.6 is 0 Å². The number of hydrogen-bond donors (Lipinski definition) is 1. The molecule has 0 bridgehead atoms. The molecule has 0 spiro atoms. The number of carboxylic acids is 1. The molecule has 0 unspecified atom stereocenters. The minimum Gasteiger partial charge on any atom is -0.475 e. The fourth-order valence-electron chi connectivity index (χ4n) is 2.32. The van der Waals surface area contributed by atoms with Gasteiger partial charge in [0, 0.05) is 12.4 Å². The Morgan fingerprint density at radius 3 is 2.43 bits per heavy atom. The minimum atomic E-state index is -1.21. The van der Waals surface area contributed by atoms with Crippen molar-refractivity contribution in [1.82, 2.24) is 4.90 Å². The van der Waals surface area contributed by atoms with Crippen molar-refractivity contribution in [2.45, 2.75) is 13.0 Å². The standard InChI is InChI=1S/C17H15NO5/c1-10(15-9-11-5-3-4-6-12(11)22-15)18(2)16(19)13-7-8-14(23-13)17(20)21/h3-10H,1-2H3,(H,20,21)/t10-/m1/s1. The molecule has 0 aliphatic heterocycles. The first-order valence-electron chi connectivity index (χ1n) is 7.06. The first kappa shape index (κ1) is 14.9. The molecular formula is C17H15NO5. The molecule has 23 heavy (non-hydrogen) atoms. The lowest BCUT2D eigenvalue weighted by Gasteiger charge is -2.22. The van der Waals surface area contributed by atoms with Gasteiger partial charge >= 0.3 is 5.97 Å². The number of nitrogens with zero attached hydrogens (tertiary/aromatic N) is 1. The highest BCUT2D eigenvalue weighted by atomic mass is 16.4. The van der Waals surface area contributed by atoms with E-state index in [9.17, 15) is 9.59 Å². The van der Waals surface area contributed by atoms with Gasteiger partial charge in [-0.15, -0.1) is 0 Å². The van der Waals surface area contributed by atoms with Gasteiger partial charge < -0.3 is 18.8 Å². The summed E-state index contributed by atoms with van der Waals surface area (Å²) in [5, 5.41) is 9.81. The van der Waals surface area contributed by atoms with Crippen molar-refractivity contribution in [2.75, 3.05) is 7.05 Å². The van der Waals surface area contributed by atoms with Gasteiger partial charge in [-0.25, -0.2) is 4.79 Å². The lowest BCUT2D eigenvalue weighted by molar-refractivity contribution is 0.0643. The fraction of sp³-hybridized carbons (Fsp3) is 0.176. The van der Waals surface area contributed by atoms with Crippen LogP contribution in [0.1, 0.15) is 39.8 Å². The maximum absolute atomic E-state index is 12.4. The summed E-state index contributed by atoms with van der Waals surface area (Å²) in [6.45, 7) is 1.83. The van der Waals surface area contributed by atoms with Gasteiger partial charge in [-0.05, 0) is 31.2 Å². The zero-order chi connectivity index (χ0) is 16.6. The van der Waals surface area contributed by atoms with E-state index in [1.165, 1.54) is 17.0 Å². The topological polar surface area (TPSA) is 83.9 Å². The third-order valence-electron chi connectivity index (χ3n) is 3.79. The monoisotopic (exact) mass is 313 g/mol. The molecule has 3 aromatic rings. The predicted octanol–water partition coefficient (Wildman–Crippen LogP) is 3.56. The summed E-state index contributed by atoms with van der Waals surface area (Å²) in [5.41, 5.74) is 0.751. The SMILES string of the molecule is C[C@H](c1cc2ccccc2o1)N(C)C(=O)c1ccc(C(=O)O)o1. The van der Waals surface area contributed by atoms with Crippen LogP contribution < -0.4 is 0 Å². The van der Waals surface area contributed by atoms with E-state index in [-0.39, 0.29) is 17.6 Å². The van der Waals surface area contributed by atoms with Crippen LogP contribution in [-0.2, 0) is 0 Å². The quantitative estimate of drug-likeness (QED) is 0.796. The van der Waals surface area contributed by atoms with E-state index in [2.05, 4.69) is 0 Å². The molecule has 2 heterocycles. The van der Waals surface area contributed by atoms with Crippen LogP contribution in [0, 0.1) is 0 Å². The Balaban J connectivity index is 1.84. The predicted molar refractivity (Wildman–Crippen MR) is 82.4 cm³/mol. The second kappa shape index (κ2) is 5.64. The van der Waals surface area contributed by atoms with Crippen LogP contribution in [-0.4, -0.2) is 28.9 Å². The summed E-state index contributed by atoms with van der Waals surface area (Å²) in [5.74, 6) is -1.26. The Hall–Kier alpha value is -3.02. The molecule has 0 aliphatic carbocycles. The van der Waals surface area contributed by atoms with Crippen molar-refractivity contribution >= 4 is 22.8 Å². The zero-order valence-electron chi connectivity index (χ0n) is 12.6. The summed E-state index contributed by atoms with van der Waals surface area (Å²) >= 11 is 0. The highest BCUT2D eigenvalue weighted by Crippen LogP contribution is 2.27. The van der Waals surface area contributed by atoms with Gasteiger partial charge in [-0.3, -0.25) is 4.79 Å². The normalized spacial score (nSPS) is 12.3. The number of para-hydroxylation sites is 1. The van der Waals surface area contributed by atoms with E-state index in [0.29, 0.717) is 5.76 Å². The molecular weight excluding hydrogens is 298 g/mol. The lowest BCUT2D eigenvalue weighted by Crippen LogP contribution is -2.29. The van der Waals surface area contributed by atoms with Crippen molar-refractivity contribution < 1.29 is 23.5 Å². The minimum absolute atomic E-state index is 0.0205. The maximum Gasteiger partial charge on any atom is 0.371 e. The van der Waals surface area contributed by atoms with Crippen LogP contribution in [0.25, 0.3) is 11.0 Å². The van der Waals surface area contributed by atoms with E-state index in [1.807, 2.05) is 37.3 Å². The van der Waals surface area contributed by atoms with E-state index in [0.717, 1.165) is 11.0 Å². The second-order valence-corrected chi connectivity index (χ2v) is 5.25. The third-order valence-corrected chi connectivity index (χ3v) is 3.79. The largest absolute Gasteiger partial charge is 0.475 e. The lowest BCUT2D eigenvalue weighted by atomic mass is 10.2. The Morgan fingerprint density at radius 2 is 1.78 bits per heavy atom. The number of fused-ring (bicyclic) bond motifs is 1. The third kappa shape index (κ3) is 2.70. The average molecular weight is 313 g/mol. The van der Waals surface area contributed by atoms with E-state index < -0.39 is 11.9 Å². The number of carboxylic acid groups (broad SMARTS) is 1. The molecule has 0 radical (unpaired) electrons.